The second-order valence-electron chi connectivity index (χ2n) is 7.27. The van der Waals surface area contributed by atoms with Gasteiger partial charge in [0, 0.05) is 18.8 Å². The number of hydrogen-bond donors (Lipinski definition) is 1. The normalized spacial score (nSPS) is 14.7. The molecule has 1 aromatic heterocycles. The highest BCUT2D eigenvalue weighted by atomic mass is 35.5. The smallest absolute Gasteiger partial charge is 0.337 e. The van der Waals surface area contributed by atoms with Crippen LogP contribution in [0.3, 0.4) is 0 Å². The zero-order valence-electron chi connectivity index (χ0n) is 16.7. The number of aromatic nitrogens is 2. The predicted octanol–water partition coefficient (Wildman–Crippen LogP) is 4.44. The van der Waals surface area contributed by atoms with Gasteiger partial charge in [0.05, 0.1) is 28.6 Å². The molecule has 0 radical (unpaired) electrons. The van der Waals surface area contributed by atoms with Crippen LogP contribution in [0.5, 0.6) is 0 Å². The molecule has 0 spiro atoms. The van der Waals surface area contributed by atoms with Crippen molar-refractivity contribution in [2.75, 3.05) is 25.1 Å². The van der Waals surface area contributed by atoms with E-state index >= 15 is 0 Å². The Balaban J connectivity index is 1.63. The molecule has 154 valence electrons. The van der Waals surface area contributed by atoms with Crippen LogP contribution in [0.15, 0.2) is 47.3 Å². The first kappa shape index (κ1) is 20.2. The van der Waals surface area contributed by atoms with E-state index in [9.17, 15) is 9.59 Å². The maximum absolute atomic E-state index is 12.4. The number of nitrogens with one attached hydrogen (secondary N) is 1. The average Bonchev–Trinajstić information content (AvgIpc) is 2.79. The summed E-state index contributed by atoms with van der Waals surface area (Å²) < 4.78 is 4.73. The Morgan fingerprint density at radius 1 is 1.13 bits per heavy atom. The van der Waals surface area contributed by atoms with Gasteiger partial charge in [-0.15, -0.1) is 0 Å². The Hall–Kier alpha value is -3.12. The highest BCUT2D eigenvalue weighted by molar-refractivity contribution is 6.50. The summed E-state index contributed by atoms with van der Waals surface area (Å²) in [6.45, 7) is 2.18. The Bertz CT molecular complexity index is 1160. The number of fused-ring (bicyclic) bond motifs is 1. The number of halogens is 1. The molecule has 0 bridgehead atoms. The largest absolute Gasteiger partial charge is 0.465 e. The fourth-order valence-electron chi connectivity index (χ4n) is 3.65. The van der Waals surface area contributed by atoms with Crippen LogP contribution in [0, 0.1) is 0 Å². The fourth-order valence-corrected chi connectivity index (χ4v) is 3.86. The van der Waals surface area contributed by atoms with Crippen LogP contribution >= 0.6 is 11.6 Å². The number of ether oxygens (including phenoxy) is 1. The molecule has 0 saturated carbocycles. The summed E-state index contributed by atoms with van der Waals surface area (Å²) in [5.74, 6) is -0.243. The van der Waals surface area contributed by atoms with Crippen molar-refractivity contribution < 1.29 is 9.53 Å². The summed E-state index contributed by atoms with van der Waals surface area (Å²) in [5, 5.41) is 0.685. The van der Waals surface area contributed by atoms with Crippen molar-refractivity contribution in [3.05, 3.63) is 69.8 Å². The topological polar surface area (TPSA) is 75.3 Å². The van der Waals surface area contributed by atoms with E-state index in [0.29, 0.717) is 21.5 Å². The van der Waals surface area contributed by atoms with Crippen molar-refractivity contribution in [2.24, 2.45) is 0 Å². The van der Waals surface area contributed by atoms with Gasteiger partial charge in [0.25, 0.3) is 5.56 Å². The van der Waals surface area contributed by atoms with Crippen molar-refractivity contribution in [3.63, 3.8) is 0 Å². The molecule has 0 aliphatic carbocycles. The van der Waals surface area contributed by atoms with Crippen LogP contribution in [0.2, 0.25) is 0 Å². The number of esters is 1. The summed E-state index contributed by atoms with van der Waals surface area (Å²) in [5.41, 5.74) is 2.49. The molecule has 1 N–H and O–H groups in total. The molecule has 2 heterocycles. The summed E-state index contributed by atoms with van der Waals surface area (Å²) >= 11 is 6.46. The molecule has 3 aromatic rings. The van der Waals surface area contributed by atoms with Crippen molar-refractivity contribution in [1.29, 1.82) is 0 Å². The predicted molar refractivity (Wildman–Crippen MR) is 120 cm³/mol. The van der Waals surface area contributed by atoms with E-state index in [-0.39, 0.29) is 11.4 Å². The highest BCUT2D eigenvalue weighted by Gasteiger charge is 2.12. The maximum Gasteiger partial charge on any atom is 0.337 e. The molecule has 0 unspecified atom stereocenters. The van der Waals surface area contributed by atoms with E-state index in [2.05, 4.69) is 27.0 Å². The second-order valence-corrected chi connectivity index (χ2v) is 7.68. The quantitative estimate of drug-likeness (QED) is 0.628. The molecule has 1 saturated heterocycles. The van der Waals surface area contributed by atoms with Crippen LogP contribution in [0.1, 0.15) is 41.0 Å². The van der Waals surface area contributed by atoms with Gasteiger partial charge >= 0.3 is 5.97 Å². The summed E-state index contributed by atoms with van der Waals surface area (Å²) in [6, 6.07) is 12.8. The van der Waals surface area contributed by atoms with Gasteiger partial charge in [0.1, 0.15) is 0 Å². The first-order valence-electron chi connectivity index (χ1n) is 9.90. The second kappa shape index (κ2) is 8.71. The SMILES string of the molecule is COC(=O)c1ccc2c(=O)[nH]c(/C(Cl)=C/c3ccc(N4CCCCC4)cc3)nc2c1. The first-order valence-corrected chi connectivity index (χ1v) is 10.3. The Kier molecular flexibility index (Phi) is 5.86. The van der Waals surface area contributed by atoms with Gasteiger partial charge in [-0.2, -0.15) is 0 Å². The number of benzene rings is 2. The first-order chi connectivity index (χ1) is 14.5. The van der Waals surface area contributed by atoms with Gasteiger partial charge in [-0.3, -0.25) is 4.79 Å². The van der Waals surface area contributed by atoms with Gasteiger partial charge < -0.3 is 14.6 Å². The van der Waals surface area contributed by atoms with E-state index in [4.69, 9.17) is 16.3 Å². The lowest BCUT2D eigenvalue weighted by Crippen LogP contribution is -2.29. The van der Waals surface area contributed by atoms with Crippen molar-refractivity contribution >= 4 is 45.3 Å². The molecule has 1 aliphatic rings. The average molecular weight is 424 g/mol. The third-order valence-electron chi connectivity index (χ3n) is 5.26. The summed E-state index contributed by atoms with van der Waals surface area (Å²) in [4.78, 5) is 33.7. The number of H-pyrrole nitrogens is 1. The highest BCUT2D eigenvalue weighted by Crippen LogP contribution is 2.24. The number of hydrogen-bond acceptors (Lipinski definition) is 5. The number of nitrogens with zero attached hydrogens (tertiary/aromatic N) is 2. The Morgan fingerprint density at radius 2 is 1.87 bits per heavy atom. The number of carbonyl (C=O) groups excluding carboxylic acids is 1. The third kappa shape index (κ3) is 4.24. The number of anilines is 1. The summed E-state index contributed by atoms with van der Waals surface area (Å²) in [6.07, 6.45) is 5.51. The molecular formula is C23H22ClN3O3. The molecule has 1 aliphatic heterocycles. The van der Waals surface area contributed by atoms with Crippen LogP contribution in [-0.4, -0.2) is 36.1 Å². The number of rotatable bonds is 4. The number of carbonyl (C=O) groups is 1. The zero-order valence-corrected chi connectivity index (χ0v) is 17.4. The molecule has 0 amide bonds. The Morgan fingerprint density at radius 3 is 2.57 bits per heavy atom. The third-order valence-corrected chi connectivity index (χ3v) is 5.55. The minimum Gasteiger partial charge on any atom is -0.465 e. The van der Waals surface area contributed by atoms with Gasteiger partial charge in [-0.05, 0) is 61.2 Å². The lowest BCUT2D eigenvalue weighted by molar-refractivity contribution is 0.0601. The molecule has 7 heteroatoms. The van der Waals surface area contributed by atoms with Gasteiger partial charge in [-0.1, -0.05) is 23.7 Å². The van der Waals surface area contributed by atoms with E-state index < -0.39 is 5.97 Å². The minimum atomic E-state index is -0.490. The molecule has 1 fully saturated rings. The number of methoxy groups -OCH3 is 1. The number of aromatic amines is 1. The van der Waals surface area contributed by atoms with Crippen LogP contribution in [0.4, 0.5) is 5.69 Å². The lowest BCUT2D eigenvalue weighted by atomic mass is 10.1. The fraction of sp³-hybridized carbons (Fsp3) is 0.261. The molecule has 4 rings (SSSR count). The Labute approximate surface area is 179 Å². The standard InChI is InChI=1S/C23H22ClN3O3/c1-30-23(29)16-7-10-18-20(14-16)25-21(26-22(18)28)19(24)13-15-5-8-17(9-6-15)27-11-3-2-4-12-27/h5-10,13-14H,2-4,11-12H2,1H3,(H,25,26,28)/b19-13-. The molecule has 0 atom stereocenters. The van der Waals surface area contributed by atoms with E-state index in [1.54, 1.807) is 12.1 Å². The van der Waals surface area contributed by atoms with E-state index in [0.717, 1.165) is 18.7 Å². The van der Waals surface area contributed by atoms with Gasteiger partial charge in [-0.25, -0.2) is 9.78 Å². The van der Waals surface area contributed by atoms with Crippen LogP contribution < -0.4 is 10.5 Å². The van der Waals surface area contributed by atoms with Crippen LogP contribution in [0.25, 0.3) is 22.0 Å². The van der Waals surface area contributed by atoms with E-state index in [1.165, 1.54) is 44.2 Å². The minimum absolute atomic E-state index is 0.247. The molecular weight excluding hydrogens is 402 g/mol. The zero-order chi connectivity index (χ0) is 21.1. The van der Waals surface area contributed by atoms with Crippen molar-refractivity contribution in [2.45, 2.75) is 19.3 Å². The monoisotopic (exact) mass is 423 g/mol. The maximum atomic E-state index is 12.4. The number of piperidine rings is 1. The van der Waals surface area contributed by atoms with Crippen LogP contribution in [-0.2, 0) is 4.74 Å². The lowest BCUT2D eigenvalue weighted by Gasteiger charge is -2.28. The van der Waals surface area contributed by atoms with Gasteiger partial charge in [0.15, 0.2) is 5.82 Å². The van der Waals surface area contributed by atoms with Crippen molar-refractivity contribution in [1.82, 2.24) is 9.97 Å². The van der Waals surface area contributed by atoms with Crippen molar-refractivity contribution in [3.8, 4) is 0 Å². The molecule has 2 aromatic carbocycles. The van der Waals surface area contributed by atoms with E-state index in [1.807, 2.05) is 12.1 Å². The summed E-state index contributed by atoms with van der Waals surface area (Å²) in [7, 11) is 1.30. The molecule has 30 heavy (non-hydrogen) atoms. The van der Waals surface area contributed by atoms with Gasteiger partial charge in [0.2, 0.25) is 0 Å². The molecule has 6 nitrogen and oxygen atoms in total.